The lowest BCUT2D eigenvalue weighted by Crippen LogP contribution is -2.15. The molecular weight excluding hydrogens is 200 g/mol. The molecule has 2 rings (SSSR count). The first-order valence-electron chi connectivity index (χ1n) is 4.72. The summed E-state index contributed by atoms with van der Waals surface area (Å²) >= 11 is 0. The Hall–Kier alpha value is -1.56. The second-order valence-corrected chi connectivity index (χ2v) is 3.37. The Bertz CT molecular complexity index is 344. The Morgan fingerprint density at radius 1 is 1.80 bits per heavy atom. The van der Waals surface area contributed by atoms with Crippen LogP contribution in [0.5, 0.6) is 5.75 Å². The van der Waals surface area contributed by atoms with Gasteiger partial charge in [-0.15, -0.1) is 0 Å². The van der Waals surface area contributed by atoms with E-state index in [1.807, 2.05) is 0 Å². The highest BCUT2D eigenvalue weighted by Crippen LogP contribution is 2.15. The van der Waals surface area contributed by atoms with Gasteiger partial charge >= 0.3 is 5.97 Å². The number of rotatable bonds is 4. The average molecular weight is 212 g/mol. The standard InChI is InChI=1S/C9H12N2O4/c12-9(13)5-11-4-8(3-10-11)15-7-1-2-14-6-7/h3-4,7H,1-2,5-6H2,(H,12,13). The second-order valence-electron chi connectivity index (χ2n) is 3.37. The van der Waals surface area contributed by atoms with Crippen molar-refractivity contribution in [3.05, 3.63) is 12.4 Å². The third-order valence-corrected chi connectivity index (χ3v) is 2.10. The molecule has 0 spiro atoms. The molecule has 82 valence electrons. The molecule has 0 radical (unpaired) electrons. The molecule has 6 nitrogen and oxygen atoms in total. The Morgan fingerprint density at radius 3 is 3.33 bits per heavy atom. The Kier molecular flexibility index (Phi) is 2.86. The van der Waals surface area contributed by atoms with Crippen LogP contribution in [0.2, 0.25) is 0 Å². The summed E-state index contributed by atoms with van der Waals surface area (Å²) in [6, 6.07) is 0. The van der Waals surface area contributed by atoms with E-state index in [0.717, 1.165) is 6.42 Å². The summed E-state index contributed by atoms with van der Waals surface area (Å²) in [5.74, 6) is -0.333. The molecule has 1 fully saturated rings. The van der Waals surface area contributed by atoms with Crippen molar-refractivity contribution in [1.82, 2.24) is 9.78 Å². The summed E-state index contributed by atoms with van der Waals surface area (Å²) in [7, 11) is 0. The lowest BCUT2D eigenvalue weighted by atomic mass is 10.3. The van der Waals surface area contributed by atoms with Crippen molar-refractivity contribution in [2.75, 3.05) is 13.2 Å². The van der Waals surface area contributed by atoms with E-state index in [1.165, 1.54) is 10.9 Å². The highest BCUT2D eigenvalue weighted by molar-refractivity contribution is 5.66. The Labute approximate surface area is 86.4 Å². The molecule has 0 bridgehead atoms. The van der Waals surface area contributed by atoms with Crippen LogP contribution >= 0.6 is 0 Å². The largest absolute Gasteiger partial charge is 0.485 e. The third-order valence-electron chi connectivity index (χ3n) is 2.10. The van der Waals surface area contributed by atoms with Crippen molar-refractivity contribution in [3.8, 4) is 5.75 Å². The maximum atomic E-state index is 10.4. The van der Waals surface area contributed by atoms with E-state index >= 15 is 0 Å². The fourth-order valence-electron chi connectivity index (χ4n) is 1.43. The predicted molar refractivity (Wildman–Crippen MR) is 49.7 cm³/mol. The highest BCUT2D eigenvalue weighted by Gasteiger charge is 2.17. The molecule has 0 aliphatic carbocycles. The zero-order valence-corrected chi connectivity index (χ0v) is 8.13. The van der Waals surface area contributed by atoms with E-state index in [-0.39, 0.29) is 12.6 Å². The van der Waals surface area contributed by atoms with Crippen molar-refractivity contribution >= 4 is 5.97 Å². The van der Waals surface area contributed by atoms with Crippen LogP contribution in [0.3, 0.4) is 0 Å². The smallest absolute Gasteiger partial charge is 0.325 e. The maximum absolute atomic E-state index is 10.4. The molecule has 0 saturated carbocycles. The molecule has 1 atom stereocenters. The number of hydrogen-bond donors (Lipinski definition) is 1. The monoisotopic (exact) mass is 212 g/mol. The topological polar surface area (TPSA) is 73.6 Å². The average Bonchev–Trinajstić information content (AvgIpc) is 2.77. The van der Waals surface area contributed by atoms with Gasteiger partial charge in [0.25, 0.3) is 0 Å². The lowest BCUT2D eigenvalue weighted by molar-refractivity contribution is -0.137. The minimum Gasteiger partial charge on any atom is -0.485 e. The number of carboxylic acid groups (broad SMARTS) is 1. The van der Waals surface area contributed by atoms with Gasteiger partial charge in [0.1, 0.15) is 12.6 Å². The van der Waals surface area contributed by atoms with Gasteiger partial charge in [-0.3, -0.25) is 9.48 Å². The van der Waals surface area contributed by atoms with Crippen molar-refractivity contribution < 1.29 is 19.4 Å². The van der Waals surface area contributed by atoms with E-state index in [4.69, 9.17) is 14.6 Å². The molecule has 2 heterocycles. The van der Waals surface area contributed by atoms with Crippen molar-refractivity contribution in [2.45, 2.75) is 19.1 Å². The highest BCUT2D eigenvalue weighted by atomic mass is 16.5. The van der Waals surface area contributed by atoms with Crippen LogP contribution in [-0.2, 0) is 16.1 Å². The van der Waals surface area contributed by atoms with E-state index in [9.17, 15) is 4.79 Å². The fraction of sp³-hybridized carbons (Fsp3) is 0.556. The van der Waals surface area contributed by atoms with Gasteiger partial charge < -0.3 is 14.6 Å². The van der Waals surface area contributed by atoms with Crippen LogP contribution < -0.4 is 4.74 Å². The van der Waals surface area contributed by atoms with Crippen LogP contribution in [0.1, 0.15) is 6.42 Å². The number of ether oxygens (including phenoxy) is 2. The fourth-order valence-corrected chi connectivity index (χ4v) is 1.43. The van der Waals surface area contributed by atoms with E-state index in [2.05, 4.69) is 5.10 Å². The molecule has 1 aliphatic rings. The molecule has 1 aliphatic heterocycles. The second kappa shape index (κ2) is 4.31. The minimum absolute atomic E-state index is 0.0625. The van der Waals surface area contributed by atoms with Gasteiger partial charge in [-0.1, -0.05) is 0 Å². The molecule has 15 heavy (non-hydrogen) atoms. The molecular formula is C9H12N2O4. The summed E-state index contributed by atoms with van der Waals surface area (Å²) in [5, 5.41) is 12.4. The first-order chi connectivity index (χ1) is 7.24. The zero-order chi connectivity index (χ0) is 10.7. The lowest BCUT2D eigenvalue weighted by Gasteiger charge is -2.08. The van der Waals surface area contributed by atoms with Gasteiger partial charge in [0.05, 0.1) is 25.6 Å². The first kappa shape index (κ1) is 9.97. The Morgan fingerprint density at radius 2 is 2.67 bits per heavy atom. The minimum atomic E-state index is -0.922. The predicted octanol–water partition coefficient (Wildman–Crippen LogP) is 0.135. The van der Waals surface area contributed by atoms with Gasteiger partial charge in [0.15, 0.2) is 5.75 Å². The number of hydrogen-bond acceptors (Lipinski definition) is 4. The third kappa shape index (κ3) is 2.69. The summed E-state index contributed by atoms with van der Waals surface area (Å²) in [5.41, 5.74) is 0. The van der Waals surface area contributed by atoms with Gasteiger partial charge in [0.2, 0.25) is 0 Å². The molecule has 0 amide bonds. The van der Waals surface area contributed by atoms with E-state index < -0.39 is 5.97 Å². The quantitative estimate of drug-likeness (QED) is 0.768. The molecule has 1 N–H and O–H groups in total. The summed E-state index contributed by atoms with van der Waals surface area (Å²) < 4.78 is 12.0. The molecule has 0 aromatic carbocycles. The van der Waals surface area contributed by atoms with Crippen molar-refractivity contribution in [1.29, 1.82) is 0 Å². The number of aliphatic carboxylic acids is 1. The molecule has 1 aromatic heterocycles. The van der Waals surface area contributed by atoms with Crippen molar-refractivity contribution in [3.63, 3.8) is 0 Å². The normalized spacial score (nSPS) is 20.4. The van der Waals surface area contributed by atoms with Crippen molar-refractivity contribution in [2.24, 2.45) is 0 Å². The summed E-state index contributed by atoms with van der Waals surface area (Å²) in [4.78, 5) is 10.4. The zero-order valence-electron chi connectivity index (χ0n) is 8.13. The molecule has 1 aromatic rings. The summed E-state index contributed by atoms with van der Waals surface area (Å²) in [6.07, 6.45) is 4.02. The number of nitrogens with zero attached hydrogens (tertiary/aromatic N) is 2. The van der Waals surface area contributed by atoms with Crippen LogP contribution in [0, 0.1) is 0 Å². The van der Waals surface area contributed by atoms with Crippen LogP contribution in [0.25, 0.3) is 0 Å². The molecule has 1 saturated heterocycles. The van der Waals surface area contributed by atoms with Crippen LogP contribution in [0.4, 0.5) is 0 Å². The number of carbonyl (C=O) groups is 1. The number of carboxylic acids is 1. The SMILES string of the molecule is O=C(O)Cn1cc(OC2CCOC2)cn1. The molecule has 6 heteroatoms. The summed E-state index contributed by atoms with van der Waals surface area (Å²) in [6.45, 7) is 1.16. The van der Waals surface area contributed by atoms with Crippen LogP contribution in [0.15, 0.2) is 12.4 Å². The van der Waals surface area contributed by atoms with Crippen LogP contribution in [-0.4, -0.2) is 40.2 Å². The van der Waals surface area contributed by atoms with Gasteiger partial charge in [0, 0.05) is 6.42 Å². The first-order valence-corrected chi connectivity index (χ1v) is 4.72. The van der Waals surface area contributed by atoms with Gasteiger partial charge in [-0.05, 0) is 0 Å². The molecule has 1 unspecified atom stereocenters. The van der Waals surface area contributed by atoms with Gasteiger partial charge in [-0.25, -0.2) is 0 Å². The Balaban J connectivity index is 1.91. The van der Waals surface area contributed by atoms with E-state index in [1.54, 1.807) is 6.20 Å². The van der Waals surface area contributed by atoms with E-state index in [0.29, 0.717) is 19.0 Å². The van der Waals surface area contributed by atoms with Gasteiger partial charge in [-0.2, -0.15) is 5.10 Å². The number of aromatic nitrogens is 2. The maximum Gasteiger partial charge on any atom is 0.325 e.